The predicted molar refractivity (Wildman–Crippen MR) is 137 cm³/mol. The molecule has 1 heterocycles. The molecule has 0 fully saturated rings. The summed E-state index contributed by atoms with van der Waals surface area (Å²) in [5.41, 5.74) is 3.43. The molecule has 0 aliphatic rings. The molecule has 0 atom stereocenters. The van der Waals surface area contributed by atoms with Crippen molar-refractivity contribution in [2.24, 2.45) is 0 Å². The summed E-state index contributed by atoms with van der Waals surface area (Å²) in [6, 6.07) is 23.3. The van der Waals surface area contributed by atoms with E-state index in [0.29, 0.717) is 41.7 Å². The molecule has 5 heteroatoms. The van der Waals surface area contributed by atoms with Crippen LogP contribution >= 0.6 is 0 Å². The molecule has 0 spiro atoms. The van der Waals surface area contributed by atoms with Gasteiger partial charge in [0, 0.05) is 5.56 Å². The van der Waals surface area contributed by atoms with Crippen molar-refractivity contribution in [3.8, 4) is 17.2 Å². The highest BCUT2D eigenvalue weighted by atomic mass is 16.5. The van der Waals surface area contributed by atoms with Crippen molar-refractivity contribution >= 4 is 12.7 Å². The van der Waals surface area contributed by atoms with E-state index in [1.54, 1.807) is 0 Å². The van der Waals surface area contributed by atoms with Gasteiger partial charge in [-0.25, -0.2) is 4.68 Å². The highest BCUT2D eigenvalue weighted by Crippen LogP contribution is 2.34. The first-order valence-corrected chi connectivity index (χ1v) is 11.2. The number of H-pyrrole nitrogens is 1. The summed E-state index contributed by atoms with van der Waals surface area (Å²) in [5.74, 6) is 1.32. The van der Waals surface area contributed by atoms with Gasteiger partial charge in [-0.05, 0) is 54.8 Å². The van der Waals surface area contributed by atoms with Crippen molar-refractivity contribution in [1.82, 2.24) is 9.78 Å². The van der Waals surface area contributed by atoms with E-state index < -0.39 is 0 Å². The van der Waals surface area contributed by atoms with Crippen molar-refractivity contribution in [2.75, 3.05) is 6.61 Å². The molecule has 0 aliphatic carbocycles. The predicted octanol–water partition coefficient (Wildman–Crippen LogP) is 4.11. The molecule has 4 rings (SSSR count). The lowest BCUT2D eigenvalue weighted by atomic mass is 10.0. The maximum absolute atomic E-state index is 13.1. The second kappa shape index (κ2) is 10.6. The highest BCUT2D eigenvalue weighted by Gasteiger charge is 2.14. The lowest BCUT2D eigenvalue weighted by Gasteiger charge is -2.17. The molecular formula is C29H28N2O3. The van der Waals surface area contributed by atoms with Crippen LogP contribution in [0, 0.1) is 0 Å². The number of aromatic amines is 1. The monoisotopic (exact) mass is 452 g/mol. The smallest absolute Gasteiger partial charge is 0.279 e. The zero-order chi connectivity index (χ0) is 23.9. The highest BCUT2D eigenvalue weighted by molar-refractivity contribution is 5.60. The minimum atomic E-state index is -0.163. The number of rotatable bonds is 9. The number of aromatic nitrogens is 2. The molecular weight excluding hydrogens is 424 g/mol. The Balaban J connectivity index is 1.78. The van der Waals surface area contributed by atoms with E-state index >= 15 is 0 Å². The van der Waals surface area contributed by atoms with Crippen LogP contribution in [0.2, 0.25) is 0 Å². The van der Waals surface area contributed by atoms with Crippen LogP contribution in [0.1, 0.15) is 23.6 Å². The molecule has 4 aromatic rings. The van der Waals surface area contributed by atoms with Crippen LogP contribution in [0.25, 0.3) is 18.3 Å². The zero-order valence-electron chi connectivity index (χ0n) is 19.3. The van der Waals surface area contributed by atoms with E-state index in [1.807, 2.05) is 91.9 Å². The molecule has 172 valence electrons. The maximum Gasteiger partial charge on any atom is 0.279 e. The second-order valence-corrected chi connectivity index (χ2v) is 7.83. The fraction of sp³-hybridized carbons (Fsp3) is 0.138. The molecule has 0 bridgehead atoms. The lowest BCUT2D eigenvalue weighted by molar-refractivity contribution is 0.267. The van der Waals surface area contributed by atoms with Crippen molar-refractivity contribution in [1.29, 1.82) is 0 Å². The van der Waals surface area contributed by atoms with Crippen LogP contribution in [-0.2, 0) is 13.0 Å². The summed E-state index contributed by atoms with van der Waals surface area (Å²) in [6.07, 6.45) is 4.26. The van der Waals surface area contributed by atoms with E-state index in [-0.39, 0.29) is 5.56 Å². The molecule has 5 nitrogen and oxygen atoms in total. The summed E-state index contributed by atoms with van der Waals surface area (Å²) in [4.78, 5) is 13.1. The molecule has 0 unspecified atom stereocenters. The van der Waals surface area contributed by atoms with Crippen molar-refractivity contribution in [2.45, 2.75) is 20.0 Å². The number of benzene rings is 3. The quantitative estimate of drug-likeness (QED) is 0.389. The third-order valence-electron chi connectivity index (χ3n) is 5.37. The molecule has 34 heavy (non-hydrogen) atoms. The van der Waals surface area contributed by atoms with Crippen LogP contribution in [0.4, 0.5) is 0 Å². The number of hydrogen-bond acceptors (Lipinski definition) is 3. The number of allylic oxidation sites excluding steroid dienone is 1. The van der Waals surface area contributed by atoms with Gasteiger partial charge in [-0.1, -0.05) is 61.2 Å². The molecule has 0 amide bonds. The van der Waals surface area contributed by atoms with Gasteiger partial charge in [0.15, 0.2) is 11.5 Å². The Morgan fingerprint density at radius 1 is 1.00 bits per heavy atom. The van der Waals surface area contributed by atoms with Crippen LogP contribution in [-0.4, -0.2) is 16.4 Å². The van der Waals surface area contributed by atoms with Crippen molar-refractivity contribution in [3.05, 3.63) is 123 Å². The third kappa shape index (κ3) is 5.04. The summed E-state index contributed by atoms with van der Waals surface area (Å²) < 4.78 is 13.6. The second-order valence-electron chi connectivity index (χ2n) is 7.83. The number of para-hydroxylation sites is 1. The minimum absolute atomic E-state index is 0.163. The standard InChI is InChI=1S/C29H28N2O3/c1-4-12-24-17-23(18-26-21(3)30-31(29(26)32)25-15-10-7-11-16-25)19-27(33-5-2)28(24)34-20-22-13-8-6-9-14-22/h4,6-11,13-19,30H,1,3,5,12,20H2,2H3/b26-18+. The molecule has 1 N–H and O–H groups in total. The van der Waals surface area contributed by atoms with Gasteiger partial charge < -0.3 is 9.47 Å². The fourth-order valence-electron chi connectivity index (χ4n) is 3.80. The van der Waals surface area contributed by atoms with Gasteiger partial charge in [-0.3, -0.25) is 9.89 Å². The van der Waals surface area contributed by atoms with Crippen molar-refractivity contribution in [3.63, 3.8) is 0 Å². The first kappa shape index (κ1) is 22.9. The Bertz CT molecular complexity index is 1430. The molecule has 1 aromatic heterocycles. The van der Waals surface area contributed by atoms with E-state index in [4.69, 9.17) is 9.47 Å². The number of ether oxygens (including phenoxy) is 2. The van der Waals surface area contributed by atoms with E-state index in [0.717, 1.165) is 22.4 Å². The summed E-state index contributed by atoms with van der Waals surface area (Å²) in [7, 11) is 0. The van der Waals surface area contributed by atoms with E-state index in [1.165, 1.54) is 4.68 Å². The minimum Gasteiger partial charge on any atom is -0.490 e. The topological polar surface area (TPSA) is 56.2 Å². The van der Waals surface area contributed by atoms with Crippen molar-refractivity contribution < 1.29 is 9.47 Å². The normalized spacial score (nSPS) is 11.4. The first-order valence-electron chi connectivity index (χ1n) is 11.2. The average molecular weight is 453 g/mol. The fourth-order valence-corrected chi connectivity index (χ4v) is 3.80. The third-order valence-corrected chi connectivity index (χ3v) is 5.37. The largest absolute Gasteiger partial charge is 0.490 e. The summed E-state index contributed by atoms with van der Waals surface area (Å²) in [6.45, 7) is 10.8. The Morgan fingerprint density at radius 3 is 2.38 bits per heavy atom. The van der Waals surface area contributed by atoms with Crippen LogP contribution in [0.5, 0.6) is 11.5 Å². The Labute approximate surface area is 198 Å². The Hall–Kier alpha value is -4.25. The van der Waals surface area contributed by atoms with Gasteiger partial charge in [0.1, 0.15) is 6.61 Å². The van der Waals surface area contributed by atoms with Crippen LogP contribution < -0.4 is 25.6 Å². The molecule has 3 aromatic carbocycles. The number of nitrogens with zero attached hydrogens (tertiary/aromatic N) is 1. The zero-order valence-corrected chi connectivity index (χ0v) is 19.3. The van der Waals surface area contributed by atoms with Crippen LogP contribution in [0.3, 0.4) is 0 Å². The SMILES string of the molecule is C=CCc1cc(/C=c2\c(=C)[nH]n(-c3ccccc3)c2=O)cc(OCC)c1OCc1ccccc1. The number of hydrogen-bond donors (Lipinski definition) is 1. The molecule has 0 radical (unpaired) electrons. The van der Waals surface area contributed by atoms with E-state index in [2.05, 4.69) is 18.3 Å². The van der Waals surface area contributed by atoms with Crippen LogP contribution in [0.15, 0.2) is 90.2 Å². The van der Waals surface area contributed by atoms with Gasteiger partial charge in [-0.2, -0.15) is 0 Å². The van der Waals surface area contributed by atoms with Gasteiger partial charge in [-0.15, -0.1) is 6.58 Å². The lowest BCUT2D eigenvalue weighted by Crippen LogP contribution is -2.33. The molecule has 0 saturated heterocycles. The van der Waals surface area contributed by atoms with Gasteiger partial charge >= 0.3 is 0 Å². The maximum atomic E-state index is 13.1. The van der Waals surface area contributed by atoms with Gasteiger partial charge in [0.2, 0.25) is 0 Å². The first-order chi connectivity index (χ1) is 16.6. The summed E-state index contributed by atoms with van der Waals surface area (Å²) in [5, 5.41) is 4.11. The summed E-state index contributed by atoms with van der Waals surface area (Å²) >= 11 is 0. The van der Waals surface area contributed by atoms with Gasteiger partial charge in [0.05, 0.1) is 22.9 Å². The average Bonchev–Trinajstić information content (AvgIpc) is 3.13. The van der Waals surface area contributed by atoms with Gasteiger partial charge in [0.25, 0.3) is 5.56 Å². The Morgan fingerprint density at radius 2 is 1.71 bits per heavy atom. The molecule has 0 aliphatic heterocycles. The molecule has 0 saturated carbocycles. The van der Waals surface area contributed by atoms with E-state index in [9.17, 15) is 4.79 Å². The number of nitrogens with one attached hydrogen (secondary N) is 1. The Kier molecular flexibility index (Phi) is 7.13.